The van der Waals surface area contributed by atoms with Crippen LogP contribution in [0, 0.1) is 0 Å². The van der Waals surface area contributed by atoms with E-state index in [1.807, 2.05) is 0 Å². The van der Waals surface area contributed by atoms with Crippen LogP contribution < -0.4 is 5.32 Å². The van der Waals surface area contributed by atoms with Crippen molar-refractivity contribution in [1.29, 1.82) is 0 Å². The smallest absolute Gasteiger partial charge is 0.394 e. The summed E-state index contributed by atoms with van der Waals surface area (Å²) in [6.07, 6.45) is -4.55. The normalized spacial score (nSPS) is 25.1. The number of halogens is 3. The Morgan fingerprint density at radius 3 is 2.39 bits per heavy atom. The Morgan fingerprint density at radius 1 is 1.28 bits per heavy atom. The number of hydrogen-bond donors (Lipinski definition) is 2. The Hall–Kier alpha value is -1.11. The lowest BCUT2D eigenvalue weighted by Gasteiger charge is -2.29. The minimum atomic E-state index is -4.31. The number of morpholine rings is 1. The van der Waals surface area contributed by atoms with Crippen molar-refractivity contribution in [3.63, 3.8) is 0 Å². The summed E-state index contributed by atoms with van der Waals surface area (Å²) in [6.45, 7) is 0.769. The maximum atomic E-state index is 12.4. The average molecular weight is 261 g/mol. The Morgan fingerprint density at radius 2 is 1.94 bits per heavy atom. The molecule has 6 heteroatoms. The average Bonchev–Trinajstić information content (AvgIpc) is 2.38. The van der Waals surface area contributed by atoms with Gasteiger partial charge in [-0.15, -0.1) is 0 Å². The molecular weight excluding hydrogens is 247 g/mol. The molecule has 0 aliphatic carbocycles. The molecule has 1 saturated heterocycles. The standard InChI is InChI=1S/C12H14F3NO2/c13-12(14,15)9-3-1-8(2-4-9)11-7-18-10(6-17)5-16-11/h1-4,10-11,16-17H,5-7H2. The largest absolute Gasteiger partial charge is 0.416 e. The van der Waals surface area contributed by atoms with Gasteiger partial charge in [-0.3, -0.25) is 0 Å². The number of nitrogens with one attached hydrogen (secondary N) is 1. The van der Waals surface area contributed by atoms with Crippen molar-refractivity contribution in [3.8, 4) is 0 Å². The quantitative estimate of drug-likeness (QED) is 0.852. The number of ether oxygens (including phenoxy) is 1. The molecule has 2 unspecified atom stereocenters. The fourth-order valence-corrected chi connectivity index (χ4v) is 1.86. The van der Waals surface area contributed by atoms with E-state index in [9.17, 15) is 13.2 Å². The predicted molar refractivity (Wildman–Crippen MR) is 59.0 cm³/mol. The molecule has 0 saturated carbocycles. The first kappa shape index (κ1) is 13.3. The van der Waals surface area contributed by atoms with Crippen LogP contribution in [0.1, 0.15) is 17.2 Å². The second-order valence-electron chi connectivity index (χ2n) is 4.22. The van der Waals surface area contributed by atoms with E-state index < -0.39 is 11.7 Å². The lowest BCUT2D eigenvalue weighted by atomic mass is 10.0. The SMILES string of the molecule is OCC1CNC(c2ccc(C(F)(F)F)cc2)CO1. The molecule has 1 aromatic carbocycles. The highest BCUT2D eigenvalue weighted by atomic mass is 19.4. The highest BCUT2D eigenvalue weighted by Gasteiger charge is 2.30. The van der Waals surface area contributed by atoms with Crippen LogP contribution in [0.2, 0.25) is 0 Å². The third-order valence-electron chi connectivity index (χ3n) is 2.93. The van der Waals surface area contributed by atoms with Gasteiger partial charge in [0.2, 0.25) is 0 Å². The summed E-state index contributed by atoms with van der Waals surface area (Å²) in [5.74, 6) is 0. The summed E-state index contributed by atoms with van der Waals surface area (Å²) in [5.41, 5.74) is 0.0932. The number of aliphatic hydroxyl groups is 1. The Kier molecular flexibility index (Phi) is 3.89. The fourth-order valence-electron chi connectivity index (χ4n) is 1.86. The second-order valence-corrected chi connectivity index (χ2v) is 4.22. The first-order valence-electron chi connectivity index (χ1n) is 5.63. The van der Waals surface area contributed by atoms with Crippen LogP contribution in [-0.4, -0.2) is 31.0 Å². The van der Waals surface area contributed by atoms with Gasteiger partial charge >= 0.3 is 6.18 Å². The van der Waals surface area contributed by atoms with Crippen LogP contribution in [0.3, 0.4) is 0 Å². The fraction of sp³-hybridized carbons (Fsp3) is 0.500. The van der Waals surface area contributed by atoms with Crippen LogP contribution in [0.5, 0.6) is 0 Å². The van der Waals surface area contributed by atoms with Crippen molar-refractivity contribution >= 4 is 0 Å². The molecule has 2 atom stereocenters. The highest BCUT2D eigenvalue weighted by molar-refractivity contribution is 5.27. The number of hydrogen-bond acceptors (Lipinski definition) is 3. The van der Waals surface area contributed by atoms with Gasteiger partial charge in [0.25, 0.3) is 0 Å². The van der Waals surface area contributed by atoms with Crippen LogP contribution in [0.4, 0.5) is 13.2 Å². The molecular formula is C12H14F3NO2. The Balaban J connectivity index is 2.02. The molecule has 1 aliphatic heterocycles. The minimum absolute atomic E-state index is 0.0628. The van der Waals surface area contributed by atoms with Crippen LogP contribution >= 0.6 is 0 Å². The van der Waals surface area contributed by atoms with Crippen molar-refractivity contribution in [3.05, 3.63) is 35.4 Å². The molecule has 0 aromatic heterocycles. The third kappa shape index (κ3) is 3.01. The van der Waals surface area contributed by atoms with E-state index in [-0.39, 0.29) is 18.8 Å². The molecule has 1 aromatic rings. The molecule has 2 rings (SSSR count). The number of aliphatic hydroxyl groups excluding tert-OH is 1. The van der Waals surface area contributed by atoms with Gasteiger partial charge in [-0.2, -0.15) is 13.2 Å². The van der Waals surface area contributed by atoms with Gasteiger partial charge in [0, 0.05) is 6.54 Å². The van der Waals surface area contributed by atoms with Crippen molar-refractivity contribution in [2.75, 3.05) is 19.8 Å². The van der Waals surface area contributed by atoms with Crippen molar-refractivity contribution in [2.45, 2.75) is 18.3 Å². The Labute approximate surface area is 103 Å². The first-order valence-corrected chi connectivity index (χ1v) is 5.63. The molecule has 3 nitrogen and oxygen atoms in total. The molecule has 1 aliphatic rings. The van der Waals surface area contributed by atoms with E-state index in [0.717, 1.165) is 17.7 Å². The van der Waals surface area contributed by atoms with E-state index in [1.165, 1.54) is 12.1 Å². The lowest BCUT2D eigenvalue weighted by molar-refractivity contribution is -0.137. The van der Waals surface area contributed by atoms with Gasteiger partial charge in [-0.1, -0.05) is 12.1 Å². The van der Waals surface area contributed by atoms with Crippen LogP contribution in [0.15, 0.2) is 24.3 Å². The van der Waals surface area contributed by atoms with E-state index in [2.05, 4.69) is 5.32 Å². The second kappa shape index (κ2) is 5.26. The zero-order chi connectivity index (χ0) is 13.2. The Bertz CT molecular complexity index is 383. The van der Waals surface area contributed by atoms with Gasteiger partial charge in [-0.05, 0) is 17.7 Å². The van der Waals surface area contributed by atoms with Crippen molar-refractivity contribution in [1.82, 2.24) is 5.32 Å². The summed E-state index contributed by atoms with van der Waals surface area (Å²) in [5, 5.41) is 12.0. The van der Waals surface area contributed by atoms with Gasteiger partial charge < -0.3 is 15.2 Å². The molecule has 0 bridgehead atoms. The summed E-state index contributed by atoms with van der Waals surface area (Å²) in [6, 6.07) is 4.89. The highest BCUT2D eigenvalue weighted by Crippen LogP contribution is 2.30. The topological polar surface area (TPSA) is 41.5 Å². The van der Waals surface area contributed by atoms with Gasteiger partial charge in [0.05, 0.1) is 30.9 Å². The predicted octanol–water partition coefficient (Wildman–Crippen LogP) is 1.73. The maximum absolute atomic E-state index is 12.4. The summed E-state index contributed by atoms with van der Waals surface area (Å²) in [4.78, 5) is 0. The van der Waals surface area contributed by atoms with Crippen molar-refractivity contribution < 1.29 is 23.0 Å². The molecule has 1 fully saturated rings. The molecule has 2 N–H and O–H groups in total. The van der Waals surface area contributed by atoms with Crippen molar-refractivity contribution in [2.24, 2.45) is 0 Å². The van der Waals surface area contributed by atoms with Crippen LogP contribution in [-0.2, 0) is 10.9 Å². The molecule has 1 heterocycles. The molecule has 0 spiro atoms. The van der Waals surface area contributed by atoms with Gasteiger partial charge in [0.15, 0.2) is 0 Å². The first-order chi connectivity index (χ1) is 8.50. The minimum Gasteiger partial charge on any atom is -0.394 e. The summed E-state index contributed by atoms with van der Waals surface area (Å²) in [7, 11) is 0. The molecule has 18 heavy (non-hydrogen) atoms. The monoisotopic (exact) mass is 261 g/mol. The van der Waals surface area contributed by atoms with E-state index in [0.29, 0.717) is 13.2 Å². The molecule has 100 valence electrons. The van der Waals surface area contributed by atoms with Gasteiger partial charge in [-0.25, -0.2) is 0 Å². The third-order valence-corrected chi connectivity index (χ3v) is 2.93. The zero-order valence-corrected chi connectivity index (χ0v) is 9.57. The summed E-state index contributed by atoms with van der Waals surface area (Å²) >= 11 is 0. The maximum Gasteiger partial charge on any atom is 0.416 e. The van der Waals surface area contributed by atoms with E-state index in [4.69, 9.17) is 9.84 Å². The number of alkyl halides is 3. The zero-order valence-electron chi connectivity index (χ0n) is 9.57. The van der Waals surface area contributed by atoms with E-state index in [1.54, 1.807) is 0 Å². The van der Waals surface area contributed by atoms with E-state index >= 15 is 0 Å². The molecule has 0 amide bonds. The molecule has 0 radical (unpaired) electrons. The lowest BCUT2D eigenvalue weighted by Crippen LogP contribution is -2.42. The number of rotatable bonds is 2. The van der Waals surface area contributed by atoms with Gasteiger partial charge in [0.1, 0.15) is 0 Å². The van der Waals surface area contributed by atoms with Crippen LogP contribution in [0.25, 0.3) is 0 Å². The summed E-state index contributed by atoms with van der Waals surface area (Å²) < 4.78 is 42.5. The number of benzene rings is 1.